The van der Waals surface area contributed by atoms with Gasteiger partial charge in [0.25, 0.3) is 0 Å². The predicted molar refractivity (Wildman–Crippen MR) is 123 cm³/mol. The molecular weight excluding hydrogens is 422 g/mol. The molecule has 1 heterocycles. The van der Waals surface area contributed by atoms with E-state index in [9.17, 15) is 19.5 Å². The van der Waals surface area contributed by atoms with Crippen LogP contribution in [0.2, 0.25) is 0 Å². The number of rotatable bonds is 7. The van der Waals surface area contributed by atoms with Crippen LogP contribution in [0.1, 0.15) is 38.3 Å². The van der Waals surface area contributed by atoms with Gasteiger partial charge in [0.2, 0.25) is 5.78 Å². The van der Waals surface area contributed by atoms with E-state index in [0.29, 0.717) is 12.8 Å². The molecule has 2 aromatic rings. The van der Waals surface area contributed by atoms with Gasteiger partial charge in [-0.25, -0.2) is 9.59 Å². The molecule has 0 bridgehead atoms. The van der Waals surface area contributed by atoms with Crippen LogP contribution in [0, 0.1) is 0 Å². The Balaban J connectivity index is 1.81. The zero-order valence-electron chi connectivity index (χ0n) is 19.0. The molecule has 2 N–H and O–H groups in total. The highest BCUT2D eigenvalue weighted by Gasteiger charge is 2.42. The van der Waals surface area contributed by atoms with E-state index in [2.05, 4.69) is 5.32 Å². The van der Waals surface area contributed by atoms with Crippen LogP contribution in [-0.4, -0.2) is 40.7 Å². The van der Waals surface area contributed by atoms with Crippen molar-refractivity contribution in [2.75, 3.05) is 0 Å². The summed E-state index contributed by atoms with van der Waals surface area (Å²) in [7, 11) is 0. The number of amides is 1. The Hall–Kier alpha value is -3.61. The van der Waals surface area contributed by atoms with E-state index in [1.807, 2.05) is 60.7 Å². The van der Waals surface area contributed by atoms with E-state index in [1.54, 1.807) is 20.8 Å². The van der Waals surface area contributed by atoms with Crippen LogP contribution in [0.5, 0.6) is 0 Å². The van der Waals surface area contributed by atoms with Crippen molar-refractivity contribution in [3.8, 4) is 0 Å². The number of carbonyl (C=O) groups is 3. The quantitative estimate of drug-likeness (QED) is 0.285. The van der Waals surface area contributed by atoms with Gasteiger partial charge >= 0.3 is 12.1 Å². The summed E-state index contributed by atoms with van der Waals surface area (Å²) in [6.45, 7) is 5.14. The highest BCUT2D eigenvalue weighted by molar-refractivity contribution is 6.23. The molecule has 174 valence electrons. The monoisotopic (exact) mass is 451 g/mol. The number of esters is 1. The normalized spacial score (nSPS) is 18.5. The molecule has 0 saturated carbocycles. The average Bonchev–Trinajstić information content (AvgIpc) is 3.04. The lowest BCUT2D eigenvalue weighted by atomic mass is 9.97. The van der Waals surface area contributed by atoms with Gasteiger partial charge in [-0.05, 0) is 44.7 Å². The smallest absolute Gasteiger partial charge is 0.408 e. The summed E-state index contributed by atoms with van der Waals surface area (Å²) < 4.78 is 10.6. The minimum atomic E-state index is -1.04. The molecule has 7 nitrogen and oxygen atoms in total. The first-order chi connectivity index (χ1) is 15.6. The minimum Gasteiger partial charge on any atom is -0.509 e. The van der Waals surface area contributed by atoms with E-state index in [4.69, 9.17) is 9.47 Å². The standard InChI is InChI=1S/C26H29NO6/c1-26(2,3)33-25(31)27-19(16-18-12-8-5-9-13-18)22(28)21-23(29)20(32-24(21)30)15-14-17-10-6-4-7-11-17/h4-13,19-20,28H,14-16H2,1-3H3,(H,27,31)/t19-,20?/m1/s1. The third kappa shape index (κ3) is 6.68. The summed E-state index contributed by atoms with van der Waals surface area (Å²) in [5.74, 6) is -2.00. The molecule has 0 aromatic heterocycles. The largest absolute Gasteiger partial charge is 0.509 e. The number of aliphatic hydroxyl groups is 1. The number of ether oxygens (including phenoxy) is 2. The molecule has 1 aliphatic heterocycles. The first-order valence-corrected chi connectivity index (χ1v) is 10.9. The lowest BCUT2D eigenvalue weighted by Gasteiger charge is -2.24. The number of carbonyl (C=O) groups excluding carboxylic acids is 3. The van der Waals surface area contributed by atoms with Crippen molar-refractivity contribution in [1.29, 1.82) is 0 Å². The molecule has 1 fully saturated rings. The van der Waals surface area contributed by atoms with Crippen LogP contribution < -0.4 is 5.32 Å². The van der Waals surface area contributed by atoms with E-state index >= 15 is 0 Å². The van der Waals surface area contributed by atoms with Crippen molar-refractivity contribution < 1.29 is 29.0 Å². The van der Waals surface area contributed by atoms with Gasteiger partial charge in [0.15, 0.2) is 6.10 Å². The Kier molecular flexibility index (Phi) is 7.53. The molecule has 0 radical (unpaired) electrons. The predicted octanol–water partition coefficient (Wildman–Crippen LogP) is 4.06. The maximum absolute atomic E-state index is 12.9. The third-order valence-corrected chi connectivity index (χ3v) is 5.09. The Morgan fingerprint density at radius 1 is 1.03 bits per heavy atom. The maximum Gasteiger partial charge on any atom is 0.408 e. The summed E-state index contributed by atoms with van der Waals surface area (Å²) >= 11 is 0. The van der Waals surface area contributed by atoms with E-state index in [-0.39, 0.29) is 6.42 Å². The summed E-state index contributed by atoms with van der Waals surface area (Å²) in [6, 6.07) is 17.6. The SMILES string of the molecule is CC(C)(C)OC(=O)N[C@H](Cc1ccccc1)C(O)=C1C(=O)OC(CCc2ccccc2)C1=O. The number of aliphatic hydroxyl groups excluding tert-OH is 1. The molecule has 1 amide bonds. The number of benzene rings is 2. The Bertz CT molecular complexity index is 1020. The highest BCUT2D eigenvalue weighted by Crippen LogP contribution is 2.25. The molecular formula is C26H29NO6. The topological polar surface area (TPSA) is 102 Å². The first-order valence-electron chi connectivity index (χ1n) is 10.9. The Morgan fingerprint density at radius 3 is 2.18 bits per heavy atom. The van der Waals surface area contributed by atoms with Crippen molar-refractivity contribution in [1.82, 2.24) is 5.32 Å². The second kappa shape index (κ2) is 10.3. The van der Waals surface area contributed by atoms with Gasteiger partial charge in [-0.2, -0.15) is 0 Å². The van der Waals surface area contributed by atoms with Gasteiger partial charge in [-0.3, -0.25) is 4.79 Å². The lowest BCUT2D eigenvalue weighted by molar-refractivity contribution is -0.141. The summed E-state index contributed by atoms with van der Waals surface area (Å²) in [5, 5.41) is 13.5. The number of hydrogen-bond donors (Lipinski definition) is 2. The molecule has 33 heavy (non-hydrogen) atoms. The second-order valence-corrected chi connectivity index (χ2v) is 8.93. The summed E-state index contributed by atoms with van der Waals surface area (Å²) in [5.41, 5.74) is 0.626. The molecule has 0 spiro atoms. The van der Waals surface area contributed by atoms with E-state index in [1.165, 1.54) is 0 Å². The number of cyclic esters (lactones) is 1. The molecule has 0 aliphatic carbocycles. The molecule has 1 aliphatic rings. The van der Waals surface area contributed by atoms with Gasteiger partial charge in [0.1, 0.15) is 16.9 Å². The molecule has 7 heteroatoms. The molecule has 1 unspecified atom stereocenters. The summed E-state index contributed by atoms with van der Waals surface area (Å²) in [6.07, 6.45) is -0.745. The second-order valence-electron chi connectivity index (χ2n) is 8.93. The highest BCUT2D eigenvalue weighted by atomic mass is 16.6. The lowest BCUT2D eigenvalue weighted by Crippen LogP contribution is -2.42. The number of hydrogen-bond acceptors (Lipinski definition) is 6. The van der Waals surface area contributed by atoms with Crippen molar-refractivity contribution in [2.45, 2.75) is 57.8 Å². The van der Waals surface area contributed by atoms with Crippen molar-refractivity contribution >= 4 is 17.8 Å². The average molecular weight is 452 g/mol. The van der Waals surface area contributed by atoms with Gasteiger partial charge < -0.3 is 19.9 Å². The number of alkyl carbamates (subject to hydrolysis) is 1. The number of nitrogens with one attached hydrogen (secondary N) is 1. The number of Topliss-reactive ketones (excluding diaryl/α,β-unsaturated/α-hetero) is 1. The molecule has 2 aromatic carbocycles. The molecule has 2 atom stereocenters. The van der Waals surface area contributed by atoms with Crippen molar-refractivity contribution in [2.24, 2.45) is 0 Å². The summed E-state index contributed by atoms with van der Waals surface area (Å²) in [4.78, 5) is 37.9. The van der Waals surface area contributed by atoms with E-state index in [0.717, 1.165) is 11.1 Å². The Labute approximate surface area is 193 Å². The third-order valence-electron chi connectivity index (χ3n) is 5.09. The van der Waals surface area contributed by atoms with Crippen LogP contribution in [0.15, 0.2) is 72.0 Å². The van der Waals surface area contributed by atoms with Crippen molar-refractivity contribution in [3.05, 3.63) is 83.1 Å². The molecule has 1 saturated heterocycles. The Morgan fingerprint density at radius 2 is 1.61 bits per heavy atom. The van der Waals surface area contributed by atoms with Crippen LogP contribution in [0.4, 0.5) is 4.79 Å². The van der Waals surface area contributed by atoms with E-state index < -0.39 is 46.9 Å². The number of aryl methyl sites for hydroxylation is 1. The fourth-order valence-electron chi connectivity index (χ4n) is 3.56. The maximum atomic E-state index is 12.9. The van der Waals surface area contributed by atoms with Crippen LogP contribution >= 0.6 is 0 Å². The van der Waals surface area contributed by atoms with Crippen LogP contribution in [0.25, 0.3) is 0 Å². The van der Waals surface area contributed by atoms with Gasteiger partial charge in [-0.1, -0.05) is 60.7 Å². The minimum absolute atomic E-state index is 0.157. The van der Waals surface area contributed by atoms with Crippen LogP contribution in [-0.2, 0) is 31.9 Å². The number of ketones is 1. The fourth-order valence-corrected chi connectivity index (χ4v) is 3.56. The van der Waals surface area contributed by atoms with Crippen molar-refractivity contribution in [3.63, 3.8) is 0 Å². The fraction of sp³-hybridized carbons (Fsp3) is 0.346. The molecule has 3 rings (SSSR count). The van der Waals surface area contributed by atoms with Crippen LogP contribution in [0.3, 0.4) is 0 Å². The zero-order chi connectivity index (χ0) is 24.0. The zero-order valence-corrected chi connectivity index (χ0v) is 19.0. The first kappa shape index (κ1) is 24.0. The van der Waals surface area contributed by atoms with Gasteiger partial charge in [-0.15, -0.1) is 0 Å². The van der Waals surface area contributed by atoms with Gasteiger partial charge in [0.05, 0.1) is 6.04 Å². The van der Waals surface area contributed by atoms with Gasteiger partial charge in [0, 0.05) is 6.42 Å².